The lowest BCUT2D eigenvalue weighted by atomic mass is 10.3. The third kappa shape index (κ3) is 13.9. The largest absolute Gasteiger partial charge is 0.475 e. The van der Waals surface area contributed by atoms with Crippen LogP contribution in [0, 0.1) is 5.95 Å². The van der Waals surface area contributed by atoms with E-state index in [1.807, 2.05) is 26.0 Å². The first kappa shape index (κ1) is 23.9. The lowest BCUT2D eigenvalue weighted by Crippen LogP contribution is -2.10. The minimum Gasteiger partial charge on any atom is -0.475 e. The lowest BCUT2D eigenvalue weighted by Gasteiger charge is -2.10. The van der Waals surface area contributed by atoms with Gasteiger partial charge >= 0.3 is 0 Å². The van der Waals surface area contributed by atoms with E-state index in [9.17, 15) is 4.39 Å². The zero-order valence-electron chi connectivity index (χ0n) is 14.9. The first-order valence-corrected chi connectivity index (χ1v) is 9.60. The molecule has 0 radical (unpaired) electrons. The zero-order chi connectivity index (χ0) is 19.2. The van der Waals surface area contributed by atoms with E-state index in [1.54, 1.807) is 19.2 Å². The molecule has 2 aromatic rings. The van der Waals surface area contributed by atoms with Crippen molar-refractivity contribution < 1.29 is 14.2 Å². The first-order valence-electron chi connectivity index (χ1n) is 8.01. The Labute approximate surface area is 166 Å². The highest BCUT2D eigenvalue weighted by atomic mass is 79.9. The van der Waals surface area contributed by atoms with Crippen molar-refractivity contribution in [2.45, 2.75) is 52.7 Å². The molecule has 0 fully saturated rings. The Morgan fingerprint density at radius 1 is 1.00 bits per heavy atom. The maximum Gasteiger partial charge on any atom is 0.213 e. The number of halogens is 3. The topological polar surface area (TPSA) is 55.2 Å². The van der Waals surface area contributed by atoms with E-state index in [2.05, 4.69) is 48.8 Å². The second-order valence-corrected chi connectivity index (χ2v) is 7.04. The van der Waals surface area contributed by atoms with Crippen LogP contribution >= 0.6 is 31.9 Å². The maximum absolute atomic E-state index is 12.0. The highest BCUT2D eigenvalue weighted by molar-refractivity contribution is 9.10. The molecule has 1 N–H and O–H groups in total. The molecule has 4 nitrogen and oxygen atoms in total. The van der Waals surface area contributed by atoms with E-state index < -0.39 is 5.95 Å². The number of hydrogen-bond acceptors (Lipinski definition) is 4. The highest BCUT2D eigenvalue weighted by Crippen LogP contribution is 2.13. The van der Waals surface area contributed by atoms with E-state index in [0.717, 1.165) is 21.8 Å². The monoisotopic (exact) mass is 478 g/mol. The van der Waals surface area contributed by atoms with Crippen molar-refractivity contribution in [3.63, 3.8) is 0 Å². The summed E-state index contributed by atoms with van der Waals surface area (Å²) in [5.74, 6) is 0.237. The van der Waals surface area contributed by atoms with E-state index in [1.165, 1.54) is 12.3 Å². The predicted molar refractivity (Wildman–Crippen MR) is 106 cm³/mol. The summed E-state index contributed by atoms with van der Waals surface area (Å²) in [6, 6.07) is 6.67. The number of aliphatic hydroxyl groups excluding tert-OH is 1. The van der Waals surface area contributed by atoms with Crippen LogP contribution in [-0.4, -0.2) is 27.3 Å². The fourth-order valence-corrected chi connectivity index (χ4v) is 1.55. The van der Waals surface area contributed by atoms with Gasteiger partial charge in [0.1, 0.15) is 0 Å². The molecule has 0 amide bonds. The number of pyridine rings is 2. The average molecular weight is 480 g/mol. The van der Waals surface area contributed by atoms with Crippen LogP contribution in [0.15, 0.2) is 45.6 Å². The summed E-state index contributed by atoms with van der Waals surface area (Å²) in [5, 5.41) is 8.36. The summed E-state index contributed by atoms with van der Waals surface area (Å²) in [4.78, 5) is 7.46. The normalized spacial score (nSPS) is 12.0. The molecule has 0 unspecified atom stereocenters. The average Bonchev–Trinajstić information content (AvgIpc) is 2.60. The molecular formula is C18H25Br2FN2O2. The first-order chi connectivity index (χ1) is 11.8. The smallest absolute Gasteiger partial charge is 0.213 e. The fourth-order valence-electron chi connectivity index (χ4n) is 1.08. The van der Waals surface area contributed by atoms with Gasteiger partial charge in [-0.25, -0.2) is 9.97 Å². The predicted octanol–water partition coefficient (Wildman–Crippen LogP) is 5.78. The molecule has 7 heteroatoms. The number of hydrogen-bond donors (Lipinski definition) is 1. The van der Waals surface area contributed by atoms with Gasteiger partial charge in [-0.1, -0.05) is 13.8 Å². The van der Waals surface area contributed by atoms with E-state index in [0.29, 0.717) is 5.88 Å². The van der Waals surface area contributed by atoms with Gasteiger partial charge in [0.25, 0.3) is 0 Å². The SMILES string of the molecule is CC[C@H](C)O.CC[C@H](C)Oc1ccc(Br)cn1.Fc1ccc(Br)cn1. The van der Waals surface area contributed by atoms with Gasteiger partial charge in [-0.2, -0.15) is 4.39 Å². The lowest BCUT2D eigenvalue weighted by molar-refractivity contribution is 0.191. The maximum atomic E-state index is 12.0. The van der Waals surface area contributed by atoms with Crippen LogP contribution < -0.4 is 4.74 Å². The van der Waals surface area contributed by atoms with Crippen molar-refractivity contribution in [2.24, 2.45) is 0 Å². The third-order valence-corrected chi connectivity index (χ3v) is 3.82. The van der Waals surface area contributed by atoms with Gasteiger partial charge < -0.3 is 9.84 Å². The molecule has 0 aliphatic carbocycles. The second kappa shape index (κ2) is 14.2. The van der Waals surface area contributed by atoms with Crippen LogP contribution in [-0.2, 0) is 0 Å². The van der Waals surface area contributed by atoms with Gasteiger partial charge in [-0.05, 0) is 76.7 Å². The van der Waals surface area contributed by atoms with Gasteiger partial charge in [0.05, 0.1) is 12.2 Å². The summed E-state index contributed by atoms with van der Waals surface area (Å²) >= 11 is 6.43. The van der Waals surface area contributed by atoms with Gasteiger partial charge in [0.2, 0.25) is 11.8 Å². The van der Waals surface area contributed by atoms with Gasteiger partial charge in [0.15, 0.2) is 0 Å². The van der Waals surface area contributed by atoms with Crippen molar-refractivity contribution in [1.82, 2.24) is 9.97 Å². The number of aliphatic hydroxyl groups is 1. The second-order valence-electron chi connectivity index (χ2n) is 5.21. The molecule has 0 bridgehead atoms. The minimum atomic E-state index is -0.451. The summed E-state index contributed by atoms with van der Waals surface area (Å²) in [7, 11) is 0. The molecule has 2 atom stereocenters. The molecule has 0 aliphatic heterocycles. The standard InChI is InChI=1S/C9H12BrNO.C5H3BrFN.C4H10O/c1-3-7(2)12-9-5-4-8(10)6-11-9;6-4-1-2-5(7)8-3-4;1-3-4(2)5/h4-7H,3H2,1-2H3;1-3H;4-5H,3H2,1-2H3/t7-;;4-/m0.0/s1. The molecule has 2 heterocycles. The molecule has 140 valence electrons. The molecule has 0 aliphatic rings. The summed E-state index contributed by atoms with van der Waals surface area (Å²) in [5.41, 5.74) is 0. The van der Waals surface area contributed by atoms with Crippen molar-refractivity contribution in [1.29, 1.82) is 0 Å². The van der Waals surface area contributed by atoms with Gasteiger partial charge in [0, 0.05) is 27.4 Å². The Morgan fingerprint density at radius 2 is 1.52 bits per heavy atom. The van der Waals surface area contributed by atoms with Crippen LogP contribution in [0.3, 0.4) is 0 Å². The fraction of sp³-hybridized carbons (Fsp3) is 0.444. The molecular weight excluding hydrogens is 455 g/mol. The molecule has 0 aromatic carbocycles. The van der Waals surface area contributed by atoms with Crippen LogP contribution in [0.25, 0.3) is 0 Å². The Morgan fingerprint density at radius 3 is 1.84 bits per heavy atom. The molecule has 0 spiro atoms. The highest BCUT2D eigenvalue weighted by Gasteiger charge is 2.00. The summed E-state index contributed by atoms with van der Waals surface area (Å²) in [6.45, 7) is 7.85. The number of ether oxygens (including phenoxy) is 1. The van der Waals surface area contributed by atoms with Crippen LogP contribution in [0.5, 0.6) is 5.88 Å². The zero-order valence-corrected chi connectivity index (χ0v) is 18.1. The van der Waals surface area contributed by atoms with Crippen LogP contribution in [0.4, 0.5) is 4.39 Å². The van der Waals surface area contributed by atoms with E-state index in [-0.39, 0.29) is 12.2 Å². The van der Waals surface area contributed by atoms with Crippen molar-refractivity contribution in [3.8, 4) is 5.88 Å². The number of rotatable bonds is 4. The summed E-state index contributed by atoms with van der Waals surface area (Å²) in [6.07, 6.45) is 5.12. The van der Waals surface area contributed by atoms with Crippen LogP contribution in [0.2, 0.25) is 0 Å². The van der Waals surface area contributed by atoms with Crippen molar-refractivity contribution in [3.05, 3.63) is 51.6 Å². The van der Waals surface area contributed by atoms with Gasteiger partial charge in [-0.15, -0.1) is 0 Å². The third-order valence-electron chi connectivity index (χ3n) is 2.88. The Kier molecular flexibility index (Phi) is 13.6. The minimum absolute atomic E-state index is 0.116. The van der Waals surface area contributed by atoms with Crippen LogP contribution in [0.1, 0.15) is 40.5 Å². The number of nitrogens with zero attached hydrogens (tertiary/aromatic N) is 2. The van der Waals surface area contributed by atoms with Crippen molar-refractivity contribution >= 4 is 31.9 Å². The van der Waals surface area contributed by atoms with E-state index in [4.69, 9.17) is 9.84 Å². The molecule has 2 rings (SSSR count). The van der Waals surface area contributed by atoms with Crippen molar-refractivity contribution in [2.75, 3.05) is 0 Å². The quantitative estimate of drug-likeness (QED) is 0.564. The Hall–Kier alpha value is -1.05. The van der Waals surface area contributed by atoms with Gasteiger partial charge in [-0.3, -0.25) is 0 Å². The molecule has 2 aromatic heterocycles. The van der Waals surface area contributed by atoms with E-state index >= 15 is 0 Å². The summed E-state index contributed by atoms with van der Waals surface area (Å²) < 4.78 is 19.2. The Bertz CT molecular complexity index is 545. The molecule has 0 saturated carbocycles. The molecule has 25 heavy (non-hydrogen) atoms. The molecule has 0 saturated heterocycles. The number of aromatic nitrogens is 2. The Balaban J connectivity index is 0.000000382.